The highest BCUT2D eigenvalue weighted by Gasteiger charge is 2.34. The maximum atomic E-state index is 13.2. The van der Waals surface area contributed by atoms with Gasteiger partial charge in [-0.15, -0.1) is 0 Å². The topological polar surface area (TPSA) is 41.5 Å². The number of carbonyl (C=O) groups is 1. The van der Waals surface area contributed by atoms with Crippen molar-refractivity contribution < 1.29 is 18.0 Å². The highest BCUT2D eigenvalue weighted by molar-refractivity contribution is 8.18. The molecule has 1 amide bonds. The maximum Gasteiger partial charge on any atom is 0.418 e. The van der Waals surface area contributed by atoms with Crippen LogP contribution < -0.4 is 5.32 Å². The van der Waals surface area contributed by atoms with Crippen LogP contribution in [0.1, 0.15) is 18.1 Å². The molecule has 1 heterocycles. The van der Waals surface area contributed by atoms with Gasteiger partial charge in [-0.3, -0.25) is 4.79 Å². The fraction of sp³-hybridized carbons (Fsp3) is 0.100. The first-order valence-electron chi connectivity index (χ1n) is 8.12. The van der Waals surface area contributed by atoms with Gasteiger partial charge in [0.15, 0.2) is 5.17 Å². The molecule has 0 atom stereocenters. The molecule has 0 unspecified atom stereocenters. The summed E-state index contributed by atoms with van der Waals surface area (Å²) in [6, 6.07) is 12.9. The summed E-state index contributed by atoms with van der Waals surface area (Å²) >= 11 is 6.66. The summed E-state index contributed by atoms with van der Waals surface area (Å²) in [4.78, 5) is 16.5. The molecule has 0 radical (unpaired) electrons. The van der Waals surface area contributed by atoms with Crippen molar-refractivity contribution in [1.82, 2.24) is 5.32 Å². The van der Waals surface area contributed by atoms with Crippen molar-refractivity contribution >= 4 is 46.2 Å². The molecule has 3 nitrogen and oxygen atoms in total. The van der Waals surface area contributed by atoms with Crippen LogP contribution in [0.5, 0.6) is 0 Å². The zero-order valence-corrected chi connectivity index (χ0v) is 16.1. The second-order valence-electron chi connectivity index (χ2n) is 5.94. The minimum atomic E-state index is -4.61. The van der Waals surface area contributed by atoms with Crippen LogP contribution in [0.3, 0.4) is 0 Å². The van der Waals surface area contributed by atoms with E-state index in [0.717, 1.165) is 29.0 Å². The van der Waals surface area contributed by atoms with E-state index in [1.54, 1.807) is 6.08 Å². The molecule has 28 heavy (non-hydrogen) atoms. The van der Waals surface area contributed by atoms with Crippen LogP contribution in [-0.4, -0.2) is 11.1 Å². The Labute approximate surface area is 169 Å². The van der Waals surface area contributed by atoms with Gasteiger partial charge in [-0.05, 0) is 54.1 Å². The van der Waals surface area contributed by atoms with E-state index in [9.17, 15) is 18.0 Å². The lowest BCUT2D eigenvalue weighted by atomic mass is 10.1. The first kappa shape index (κ1) is 20.2. The third kappa shape index (κ3) is 5.05. The SMILES string of the molecule is CC(/C=C1\SC(=Nc2ccc(Cl)cc2C(F)(F)F)NC1=O)=C\c1ccccc1. The molecule has 8 heteroatoms. The Morgan fingerprint density at radius 1 is 1.18 bits per heavy atom. The molecule has 0 bridgehead atoms. The van der Waals surface area contributed by atoms with E-state index < -0.39 is 17.6 Å². The fourth-order valence-electron chi connectivity index (χ4n) is 2.48. The molecule has 0 spiro atoms. The van der Waals surface area contributed by atoms with E-state index in [0.29, 0.717) is 4.91 Å². The summed E-state index contributed by atoms with van der Waals surface area (Å²) in [7, 11) is 0. The minimum Gasteiger partial charge on any atom is -0.300 e. The highest BCUT2D eigenvalue weighted by Crippen LogP contribution is 2.39. The Kier molecular flexibility index (Phi) is 5.96. The molecule has 3 rings (SSSR count). The van der Waals surface area contributed by atoms with Gasteiger partial charge in [0.1, 0.15) is 0 Å². The molecule has 2 aromatic carbocycles. The number of nitrogens with one attached hydrogen (secondary N) is 1. The Bertz CT molecular complexity index is 998. The first-order valence-corrected chi connectivity index (χ1v) is 9.31. The van der Waals surface area contributed by atoms with Gasteiger partial charge in [-0.1, -0.05) is 48.0 Å². The van der Waals surface area contributed by atoms with Gasteiger partial charge in [-0.2, -0.15) is 13.2 Å². The Morgan fingerprint density at radius 2 is 1.89 bits per heavy atom. The summed E-state index contributed by atoms with van der Waals surface area (Å²) in [5.74, 6) is -0.410. The van der Waals surface area contributed by atoms with Crippen LogP contribution in [0.15, 0.2) is 70.1 Å². The average Bonchev–Trinajstić information content (AvgIpc) is 2.95. The Balaban J connectivity index is 1.86. The molecule has 0 aliphatic carbocycles. The molecule has 0 saturated carbocycles. The van der Waals surface area contributed by atoms with E-state index in [-0.39, 0.29) is 15.9 Å². The monoisotopic (exact) mass is 422 g/mol. The third-order valence-electron chi connectivity index (χ3n) is 3.69. The van der Waals surface area contributed by atoms with Crippen LogP contribution in [0.2, 0.25) is 5.02 Å². The highest BCUT2D eigenvalue weighted by atomic mass is 35.5. The second-order valence-corrected chi connectivity index (χ2v) is 7.41. The minimum absolute atomic E-state index is 0.0401. The smallest absolute Gasteiger partial charge is 0.300 e. The van der Waals surface area contributed by atoms with Crippen molar-refractivity contribution in [2.75, 3.05) is 0 Å². The number of carbonyl (C=O) groups excluding carboxylic acids is 1. The van der Waals surface area contributed by atoms with E-state index in [2.05, 4.69) is 10.3 Å². The van der Waals surface area contributed by atoms with Gasteiger partial charge in [-0.25, -0.2) is 4.99 Å². The van der Waals surface area contributed by atoms with Crippen LogP contribution in [0, 0.1) is 0 Å². The van der Waals surface area contributed by atoms with E-state index in [1.165, 1.54) is 12.1 Å². The third-order valence-corrected chi connectivity index (χ3v) is 4.83. The van der Waals surface area contributed by atoms with Crippen molar-refractivity contribution in [3.63, 3.8) is 0 Å². The Hall–Kier alpha value is -2.51. The van der Waals surface area contributed by atoms with E-state index in [1.807, 2.05) is 43.3 Å². The van der Waals surface area contributed by atoms with Crippen molar-refractivity contribution in [1.29, 1.82) is 0 Å². The molecule has 2 aromatic rings. The van der Waals surface area contributed by atoms with E-state index >= 15 is 0 Å². The molecular weight excluding hydrogens is 409 g/mol. The number of amidine groups is 1. The summed E-state index contributed by atoms with van der Waals surface area (Å²) in [6.45, 7) is 1.84. The van der Waals surface area contributed by atoms with Gasteiger partial charge >= 0.3 is 6.18 Å². The number of hydrogen-bond donors (Lipinski definition) is 1. The fourth-order valence-corrected chi connectivity index (χ4v) is 3.54. The van der Waals surface area contributed by atoms with Crippen molar-refractivity contribution in [3.05, 3.63) is 81.2 Å². The summed E-state index contributed by atoms with van der Waals surface area (Å²) < 4.78 is 39.6. The predicted molar refractivity (Wildman–Crippen MR) is 107 cm³/mol. The van der Waals surface area contributed by atoms with Crippen LogP contribution in [0.25, 0.3) is 6.08 Å². The van der Waals surface area contributed by atoms with Gasteiger partial charge in [0.05, 0.1) is 16.2 Å². The summed E-state index contributed by atoms with van der Waals surface area (Å²) in [6.07, 6.45) is -1.04. The Morgan fingerprint density at radius 3 is 2.57 bits per heavy atom. The van der Waals surface area contributed by atoms with Crippen molar-refractivity contribution in [3.8, 4) is 0 Å². The normalized spacial score (nSPS) is 18.0. The zero-order chi connectivity index (χ0) is 20.3. The number of rotatable bonds is 3. The van der Waals surface area contributed by atoms with Gasteiger partial charge in [0, 0.05) is 5.02 Å². The molecule has 1 aliphatic heterocycles. The lowest BCUT2D eigenvalue weighted by molar-refractivity contribution is -0.137. The number of aliphatic imine (C=N–C) groups is 1. The van der Waals surface area contributed by atoms with Crippen molar-refractivity contribution in [2.45, 2.75) is 13.1 Å². The number of allylic oxidation sites excluding steroid dienone is 2. The number of thioether (sulfide) groups is 1. The molecular formula is C20H14ClF3N2OS. The number of benzene rings is 2. The average molecular weight is 423 g/mol. The molecule has 1 N–H and O–H groups in total. The first-order chi connectivity index (χ1) is 13.2. The quantitative estimate of drug-likeness (QED) is 0.598. The zero-order valence-electron chi connectivity index (χ0n) is 14.5. The molecule has 1 saturated heterocycles. The standard InChI is InChI=1S/C20H14ClF3N2OS/c1-12(9-13-5-3-2-4-6-13)10-17-18(27)26-19(28-17)25-16-8-7-14(21)11-15(16)20(22,23)24/h2-11H,1H3,(H,25,26,27)/b12-9+,17-10-. The molecule has 144 valence electrons. The van der Waals surface area contributed by atoms with Crippen LogP contribution >= 0.6 is 23.4 Å². The number of halogens is 4. The van der Waals surface area contributed by atoms with Crippen LogP contribution in [0.4, 0.5) is 18.9 Å². The van der Waals surface area contributed by atoms with Gasteiger partial charge in [0.25, 0.3) is 5.91 Å². The lowest BCUT2D eigenvalue weighted by Gasteiger charge is -2.10. The predicted octanol–water partition coefficient (Wildman–Crippen LogP) is 6.20. The largest absolute Gasteiger partial charge is 0.418 e. The maximum absolute atomic E-state index is 13.2. The summed E-state index contributed by atoms with van der Waals surface area (Å²) in [5.41, 5.74) is 0.537. The number of nitrogens with zero attached hydrogens (tertiary/aromatic N) is 1. The molecule has 1 fully saturated rings. The second kappa shape index (κ2) is 8.24. The summed E-state index contributed by atoms with van der Waals surface area (Å²) in [5, 5.41) is 2.53. The molecule has 0 aromatic heterocycles. The van der Waals surface area contributed by atoms with Gasteiger partial charge in [0.2, 0.25) is 0 Å². The van der Waals surface area contributed by atoms with Gasteiger partial charge < -0.3 is 5.32 Å². The molecule has 1 aliphatic rings. The lowest BCUT2D eigenvalue weighted by Crippen LogP contribution is -2.19. The number of amides is 1. The number of hydrogen-bond acceptors (Lipinski definition) is 3. The number of alkyl halides is 3. The van der Waals surface area contributed by atoms with E-state index in [4.69, 9.17) is 11.6 Å². The van der Waals surface area contributed by atoms with Crippen molar-refractivity contribution in [2.24, 2.45) is 4.99 Å². The van der Waals surface area contributed by atoms with Crippen LogP contribution in [-0.2, 0) is 11.0 Å².